The van der Waals surface area contributed by atoms with E-state index in [1.165, 1.54) is 7.11 Å². The van der Waals surface area contributed by atoms with Crippen molar-refractivity contribution < 1.29 is 18.8 Å². The van der Waals surface area contributed by atoms with Crippen molar-refractivity contribution in [1.82, 2.24) is 4.57 Å². The van der Waals surface area contributed by atoms with Crippen molar-refractivity contribution in [2.45, 2.75) is 38.9 Å². The fourth-order valence-electron chi connectivity index (χ4n) is 2.80. The summed E-state index contributed by atoms with van der Waals surface area (Å²) in [6.07, 6.45) is 1.96. The second-order valence-electron chi connectivity index (χ2n) is 7.00. The molecule has 5 nitrogen and oxygen atoms in total. The zero-order chi connectivity index (χ0) is 17.0. The number of aryl methyl sites for hydroxylation is 1. The Morgan fingerprint density at radius 1 is 1.17 bits per heavy atom. The third-order valence-electron chi connectivity index (χ3n) is 4.96. The molecule has 0 radical (unpaired) electrons. The first-order valence-corrected chi connectivity index (χ1v) is 7.69. The molecule has 1 aliphatic rings. The monoisotopic (exact) mass is 315 g/mol. The summed E-state index contributed by atoms with van der Waals surface area (Å²) in [4.78, 5) is 12.0. The van der Waals surface area contributed by atoms with Gasteiger partial charge in [0.05, 0.1) is 23.9 Å². The molecule has 0 bridgehead atoms. The normalized spacial score (nSPS) is 19.3. The number of benzene rings is 1. The molecular formula is C17H22BNO4. The van der Waals surface area contributed by atoms with Crippen molar-refractivity contribution in [3.8, 4) is 0 Å². The van der Waals surface area contributed by atoms with Gasteiger partial charge in [-0.1, -0.05) is 0 Å². The number of hydrogen-bond acceptors (Lipinski definition) is 4. The highest BCUT2D eigenvalue weighted by molar-refractivity contribution is 6.65. The lowest BCUT2D eigenvalue weighted by Gasteiger charge is -2.32. The predicted molar refractivity (Wildman–Crippen MR) is 90.0 cm³/mol. The number of hydrogen-bond donors (Lipinski definition) is 0. The van der Waals surface area contributed by atoms with Crippen molar-refractivity contribution in [1.29, 1.82) is 0 Å². The number of ether oxygens (including phenoxy) is 1. The van der Waals surface area contributed by atoms with Gasteiger partial charge in [0.25, 0.3) is 0 Å². The van der Waals surface area contributed by atoms with Crippen LogP contribution >= 0.6 is 0 Å². The molecule has 3 rings (SSSR count). The summed E-state index contributed by atoms with van der Waals surface area (Å²) < 4.78 is 19.1. The summed E-state index contributed by atoms with van der Waals surface area (Å²) in [5.41, 5.74) is 1.42. The zero-order valence-electron chi connectivity index (χ0n) is 14.5. The molecule has 0 saturated carbocycles. The average Bonchev–Trinajstić information content (AvgIpc) is 2.95. The van der Waals surface area contributed by atoms with Gasteiger partial charge >= 0.3 is 13.1 Å². The molecule has 1 fully saturated rings. The van der Waals surface area contributed by atoms with Crippen LogP contribution in [0.1, 0.15) is 38.1 Å². The number of fused-ring (bicyclic) bond motifs is 1. The van der Waals surface area contributed by atoms with Crippen molar-refractivity contribution in [2.75, 3.05) is 7.11 Å². The number of carbonyl (C=O) groups excluding carboxylic acids is 1. The van der Waals surface area contributed by atoms with Crippen LogP contribution in [0, 0.1) is 0 Å². The van der Waals surface area contributed by atoms with E-state index in [4.69, 9.17) is 14.0 Å². The van der Waals surface area contributed by atoms with Gasteiger partial charge in [-0.2, -0.15) is 0 Å². The van der Waals surface area contributed by atoms with Crippen LogP contribution in [0.25, 0.3) is 10.9 Å². The molecule has 0 spiro atoms. The first-order valence-electron chi connectivity index (χ1n) is 7.69. The second kappa shape index (κ2) is 5.11. The SMILES string of the molecule is COC(=O)c1cc(B2OC(C)(C)C(C)(C)O2)c2ccn(C)c2c1. The van der Waals surface area contributed by atoms with Crippen LogP contribution in [0.15, 0.2) is 24.4 Å². The molecule has 1 aromatic carbocycles. The summed E-state index contributed by atoms with van der Waals surface area (Å²) in [5, 5.41) is 1.01. The Labute approximate surface area is 136 Å². The van der Waals surface area contributed by atoms with E-state index in [-0.39, 0.29) is 5.97 Å². The van der Waals surface area contributed by atoms with E-state index in [2.05, 4.69) is 0 Å². The lowest BCUT2D eigenvalue weighted by molar-refractivity contribution is 0.00578. The van der Waals surface area contributed by atoms with Crippen molar-refractivity contribution in [3.63, 3.8) is 0 Å². The van der Waals surface area contributed by atoms with Crippen LogP contribution in [-0.4, -0.2) is 36.0 Å². The maximum absolute atomic E-state index is 12.0. The minimum Gasteiger partial charge on any atom is -0.465 e. The number of aromatic nitrogens is 1. The molecule has 1 aromatic heterocycles. The van der Waals surface area contributed by atoms with E-state index in [1.807, 2.05) is 57.6 Å². The Hall–Kier alpha value is -1.79. The van der Waals surface area contributed by atoms with E-state index >= 15 is 0 Å². The van der Waals surface area contributed by atoms with Crippen molar-refractivity contribution in [3.05, 3.63) is 30.0 Å². The van der Waals surface area contributed by atoms with E-state index in [0.717, 1.165) is 16.4 Å². The summed E-state index contributed by atoms with van der Waals surface area (Å²) >= 11 is 0. The van der Waals surface area contributed by atoms with Gasteiger partial charge in [0.1, 0.15) is 0 Å². The van der Waals surface area contributed by atoms with Gasteiger partial charge in [-0.15, -0.1) is 0 Å². The maximum Gasteiger partial charge on any atom is 0.495 e. The molecule has 122 valence electrons. The van der Waals surface area contributed by atoms with Gasteiger partial charge in [-0.3, -0.25) is 0 Å². The summed E-state index contributed by atoms with van der Waals surface area (Å²) in [7, 11) is 2.80. The van der Waals surface area contributed by atoms with Crippen LogP contribution in [0.2, 0.25) is 0 Å². The molecule has 23 heavy (non-hydrogen) atoms. The zero-order valence-corrected chi connectivity index (χ0v) is 14.5. The minimum absolute atomic E-state index is 0.370. The topological polar surface area (TPSA) is 49.7 Å². The molecule has 1 saturated heterocycles. The summed E-state index contributed by atoms with van der Waals surface area (Å²) in [6, 6.07) is 5.64. The van der Waals surface area contributed by atoms with E-state index < -0.39 is 18.3 Å². The van der Waals surface area contributed by atoms with E-state index in [0.29, 0.717) is 5.56 Å². The Kier molecular flexibility index (Phi) is 3.57. The van der Waals surface area contributed by atoms with Gasteiger partial charge in [-0.25, -0.2) is 4.79 Å². The molecular weight excluding hydrogens is 293 g/mol. The second-order valence-corrected chi connectivity index (χ2v) is 7.00. The molecule has 0 aliphatic carbocycles. The van der Waals surface area contributed by atoms with Gasteiger partial charge in [0.2, 0.25) is 0 Å². The molecule has 2 heterocycles. The molecule has 0 atom stereocenters. The third kappa shape index (κ3) is 2.46. The number of carbonyl (C=O) groups is 1. The Bertz CT molecular complexity index is 762. The van der Waals surface area contributed by atoms with Gasteiger partial charge in [0, 0.05) is 18.8 Å². The summed E-state index contributed by atoms with van der Waals surface area (Å²) in [5.74, 6) is -0.370. The van der Waals surface area contributed by atoms with Crippen LogP contribution in [-0.2, 0) is 21.1 Å². The van der Waals surface area contributed by atoms with E-state index in [9.17, 15) is 4.79 Å². The van der Waals surface area contributed by atoms with Crippen LogP contribution in [0.5, 0.6) is 0 Å². The van der Waals surface area contributed by atoms with Crippen molar-refractivity contribution >= 4 is 29.5 Å². The van der Waals surface area contributed by atoms with Gasteiger partial charge < -0.3 is 18.6 Å². The number of nitrogens with zero attached hydrogens (tertiary/aromatic N) is 1. The number of esters is 1. The van der Waals surface area contributed by atoms with Gasteiger partial charge in [0.15, 0.2) is 0 Å². The molecule has 0 unspecified atom stereocenters. The fourth-order valence-corrected chi connectivity index (χ4v) is 2.80. The fraction of sp³-hybridized carbons (Fsp3) is 0.471. The highest BCUT2D eigenvalue weighted by Crippen LogP contribution is 2.37. The third-order valence-corrected chi connectivity index (χ3v) is 4.96. The molecule has 0 amide bonds. The van der Waals surface area contributed by atoms with Crippen molar-refractivity contribution in [2.24, 2.45) is 7.05 Å². The molecule has 6 heteroatoms. The highest BCUT2D eigenvalue weighted by atomic mass is 16.7. The van der Waals surface area contributed by atoms with Crippen LogP contribution < -0.4 is 5.46 Å². The molecule has 1 aliphatic heterocycles. The molecule has 0 N–H and O–H groups in total. The lowest BCUT2D eigenvalue weighted by Crippen LogP contribution is -2.41. The van der Waals surface area contributed by atoms with E-state index in [1.54, 1.807) is 6.07 Å². The highest BCUT2D eigenvalue weighted by Gasteiger charge is 2.52. The van der Waals surface area contributed by atoms with Crippen LogP contribution in [0.4, 0.5) is 0 Å². The number of rotatable bonds is 2. The standard InChI is InChI=1S/C17H22BNO4/c1-16(2)17(3,4)23-18(22-16)13-9-11(15(20)21-6)10-14-12(13)7-8-19(14)5/h7-10H,1-6H3. The summed E-state index contributed by atoms with van der Waals surface area (Å²) in [6.45, 7) is 8.05. The lowest BCUT2D eigenvalue weighted by atomic mass is 9.76. The Balaban J connectivity index is 2.15. The quantitative estimate of drug-likeness (QED) is 0.630. The van der Waals surface area contributed by atoms with Gasteiger partial charge in [-0.05, 0) is 56.7 Å². The van der Waals surface area contributed by atoms with Crippen LogP contribution in [0.3, 0.4) is 0 Å². The smallest absolute Gasteiger partial charge is 0.465 e. The first kappa shape index (κ1) is 16.1. The molecule has 2 aromatic rings. The first-order chi connectivity index (χ1) is 10.7. The maximum atomic E-state index is 12.0. The largest absolute Gasteiger partial charge is 0.495 e. The minimum atomic E-state index is -0.519. The average molecular weight is 315 g/mol. The number of methoxy groups -OCH3 is 1. The Morgan fingerprint density at radius 2 is 1.78 bits per heavy atom. The Morgan fingerprint density at radius 3 is 2.35 bits per heavy atom. The predicted octanol–water partition coefficient (Wildman–Crippen LogP) is 2.26.